The molecular weight excluding hydrogens is 303 g/mol. The number of hydrogen-bond acceptors (Lipinski definition) is 3. The van der Waals surface area contributed by atoms with Gasteiger partial charge in [-0.05, 0) is 18.6 Å². The van der Waals surface area contributed by atoms with Gasteiger partial charge in [0.2, 0.25) is 5.91 Å². The molecule has 20 heavy (non-hydrogen) atoms. The molecule has 0 radical (unpaired) electrons. The van der Waals surface area contributed by atoms with Gasteiger partial charge in [0.1, 0.15) is 0 Å². The lowest BCUT2D eigenvalue weighted by atomic mass is 10.1. The summed E-state index contributed by atoms with van der Waals surface area (Å²) in [5.41, 5.74) is 5.58. The van der Waals surface area contributed by atoms with Crippen molar-refractivity contribution in [2.45, 2.75) is 32.2 Å². The smallest absolute Gasteiger partial charge is 0.337 e. The van der Waals surface area contributed by atoms with Crippen LogP contribution in [-0.2, 0) is 4.79 Å². The highest BCUT2D eigenvalue weighted by molar-refractivity contribution is 6.37. The second kappa shape index (κ2) is 7.47. The number of unbranched alkanes of at least 4 members (excludes halogenated alkanes) is 1. The van der Waals surface area contributed by atoms with Crippen molar-refractivity contribution in [3.8, 4) is 0 Å². The Morgan fingerprint density at radius 3 is 2.60 bits per heavy atom. The molecule has 4 N–H and O–H groups in total. The largest absolute Gasteiger partial charge is 0.478 e. The minimum Gasteiger partial charge on any atom is -0.478 e. The highest BCUT2D eigenvalue weighted by atomic mass is 35.5. The Kier molecular flexibility index (Phi) is 6.26. The molecule has 1 aromatic carbocycles. The maximum Gasteiger partial charge on any atom is 0.337 e. The van der Waals surface area contributed by atoms with Crippen molar-refractivity contribution in [1.29, 1.82) is 0 Å². The zero-order chi connectivity index (χ0) is 15.3. The van der Waals surface area contributed by atoms with Crippen molar-refractivity contribution in [3.63, 3.8) is 0 Å². The van der Waals surface area contributed by atoms with E-state index in [0.29, 0.717) is 6.42 Å². The number of aromatic carboxylic acids is 1. The van der Waals surface area contributed by atoms with Crippen molar-refractivity contribution < 1.29 is 14.7 Å². The predicted molar refractivity (Wildman–Crippen MR) is 79.6 cm³/mol. The number of carboxylic acid groups (broad SMARTS) is 1. The zero-order valence-corrected chi connectivity index (χ0v) is 12.5. The van der Waals surface area contributed by atoms with E-state index in [2.05, 4.69) is 5.32 Å². The molecule has 0 fully saturated rings. The lowest BCUT2D eigenvalue weighted by Crippen LogP contribution is -2.36. The first-order valence-electron chi connectivity index (χ1n) is 6.15. The molecule has 1 atom stereocenters. The van der Waals surface area contributed by atoms with E-state index in [4.69, 9.17) is 34.0 Å². The highest BCUT2D eigenvalue weighted by Crippen LogP contribution is 2.30. The van der Waals surface area contributed by atoms with Crippen molar-refractivity contribution in [3.05, 3.63) is 27.7 Å². The Morgan fingerprint density at radius 2 is 2.05 bits per heavy atom. The van der Waals surface area contributed by atoms with E-state index >= 15 is 0 Å². The monoisotopic (exact) mass is 318 g/mol. The number of amides is 1. The standard InChI is InChI=1S/C13H16Cl2N2O3/c1-2-3-4-10(16)12(18)17-11-8(13(19)20)5-7(14)6-9(11)15/h5-6,10H,2-4,16H2,1H3,(H,17,18)(H,19,20)/t10-/m0/s1. The molecule has 0 saturated heterocycles. The average Bonchev–Trinajstić information content (AvgIpc) is 2.38. The molecular formula is C13H16Cl2N2O3. The summed E-state index contributed by atoms with van der Waals surface area (Å²) in [6.45, 7) is 1.99. The van der Waals surface area contributed by atoms with Crippen LogP contribution in [0.3, 0.4) is 0 Å². The topological polar surface area (TPSA) is 92.4 Å². The Bertz CT molecular complexity index is 521. The molecule has 0 saturated carbocycles. The SMILES string of the molecule is CCCC[C@H](N)C(=O)Nc1c(Cl)cc(Cl)cc1C(=O)O. The van der Waals surface area contributed by atoms with Crippen molar-refractivity contribution in [2.75, 3.05) is 5.32 Å². The molecule has 0 unspecified atom stereocenters. The zero-order valence-electron chi connectivity index (χ0n) is 11.0. The maximum atomic E-state index is 11.9. The summed E-state index contributed by atoms with van der Waals surface area (Å²) < 4.78 is 0. The normalized spacial score (nSPS) is 12.0. The van der Waals surface area contributed by atoms with Crippen LogP contribution < -0.4 is 11.1 Å². The minimum absolute atomic E-state index is 0.0144. The molecule has 0 heterocycles. The van der Waals surface area contributed by atoms with Gasteiger partial charge >= 0.3 is 5.97 Å². The van der Waals surface area contributed by atoms with Crippen LogP contribution in [0.1, 0.15) is 36.5 Å². The molecule has 0 spiro atoms. The van der Waals surface area contributed by atoms with Crippen LogP contribution in [0.15, 0.2) is 12.1 Å². The predicted octanol–water partition coefficient (Wildman–Crippen LogP) is 3.15. The van der Waals surface area contributed by atoms with E-state index in [9.17, 15) is 9.59 Å². The van der Waals surface area contributed by atoms with Crippen LogP contribution in [0, 0.1) is 0 Å². The summed E-state index contributed by atoms with van der Waals surface area (Å²) in [5.74, 6) is -1.70. The van der Waals surface area contributed by atoms with E-state index in [0.717, 1.165) is 12.8 Å². The number of nitrogens with one attached hydrogen (secondary N) is 1. The molecule has 5 nitrogen and oxygen atoms in total. The number of carbonyl (C=O) groups excluding carboxylic acids is 1. The van der Waals surface area contributed by atoms with E-state index in [1.165, 1.54) is 12.1 Å². The quantitative estimate of drug-likeness (QED) is 0.751. The fourth-order valence-corrected chi connectivity index (χ4v) is 2.18. The first-order chi connectivity index (χ1) is 9.36. The molecule has 0 aromatic heterocycles. The van der Waals surface area contributed by atoms with E-state index in [-0.39, 0.29) is 21.3 Å². The van der Waals surface area contributed by atoms with E-state index < -0.39 is 17.9 Å². The molecule has 7 heteroatoms. The fraction of sp³-hybridized carbons (Fsp3) is 0.385. The van der Waals surface area contributed by atoms with Gasteiger partial charge in [-0.3, -0.25) is 4.79 Å². The Hall–Kier alpha value is -1.30. The van der Waals surface area contributed by atoms with Crippen LogP contribution >= 0.6 is 23.2 Å². The van der Waals surface area contributed by atoms with Crippen molar-refractivity contribution >= 4 is 40.8 Å². The van der Waals surface area contributed by atoms with Crippen LogP contribution in [0.5, 0.6) is 0 Å². The number of nitrogens with two attached hydrogens (primary N) is 1. The molecule has 110 valence electrons. The summed E-state index contributed by atoms with van der Waals surface area (Å²) in [6.07, 6.45) is 2.26. The van der Waals surface area contributed by atoms with Crippen molar-refractivity contribution in [2.24, 2.45) is 5.73 Å². The summed E-state index contributed by atoms with van der Waals surface area (Å²) in [6, 6.07) is 1.88. The van der Waals surface area contributed by atoms with Crippen LogP contribution in [0.4, 0.5) is 5.69 Å². The van der Waals surface area contributed by atoms with E-state index in [1.807, 2.05) is 6.92 Å². The van der Waals surface area contributed by atoms with Gasteiger partial charge in [0.05, 0.1) is 22.3 Å². The number of anilines is 1. The van der Waals surface area contributed by atoms with E-state index in [1.54, 1.807) is 0 Å². The van der Waals surface area contributed by atoms with Gasteiger partial charge in [0, 0.05) is 5.02 Å². The second-order valence-corrected chi connectivity index (χ2v) is 5.20. The number of carbonyl (C=O) groups is 2. The third-order valence-corrected chi connectivity index (χ3v) is 3.26. The molecule has 0 aliphatic heterocycles. The number of benzene rings is 1. The Balaban J connectivity index is 2.97. The molecule has 1 rings (SSSR count). The number of carboxylic acids is 1. The van der Waals surface area contributed by atoms with Gasteiger partial charge < -0.3 is 16.2 Å². The summed E-state index contributed by atoms with van der Waals surface area (Å²) >= 11 is 11.7. The van der Waals surface area contributed by atoms with Gasteiger partial charge in [-0.15, -0.1) is 0 Å². The van der Waals surface area contributed by atoms with Crippen molar-refractivity contribution in [1.82, 2.24) is 0 Å². The maximum absolute atomic E-state index is 11.9. The minimum atomic E-state index is -1.23. The van der Waals surface area contributed by atoms with Crippen LogP contribution in [0.2, 0.25) is 10.0 Å². The highest BCUT2D eigenvalue weighted by Gasteiger charge is 2.20. The molecule has 1 amide bonds. The van der Waals surface area contributed by atoms with Gasteiger partial charge in [-0.1, -0.05) is 43.0 Å². The average molecular weight is 319 g/mol. The number of halogens is 2. The van der Waals surface area contributed by atoms with Gasteiger partial charge in [-0.2, -0.15) is 0 Å². The van der Waals surface area contributed by atoms with Crippen LogP contribution in [0.25, 0.3) is 0 Å². The Morgan fingerprint density at radius 1 is 1.40 bits per heavy atom. The first kappa shape index (κ1) is 16.8. The third-order valence-electron chi connectivity index (χ3n) is 2.74. The second-order valence-electron chi connectivity index (χ2n) is 4.35. The summed E-state index contributed by atoms with van der Waals surface area (Å²) in [7, 11) is 0. The molecule has 1 aromatic rings. The Labute approximate surface area is 127 Å². The summed E-state index contributed by atoms with van der Waals surface area (Å²) in [5, 5.41) is 11.8. The lowest BCUT2D eigenvalue weighted by Gasteiger charge is -2.15. The first-order valence-corrected chi connectivity index (χ1v) is 6.91. The third kappa shape index (κ3) is 4.37. The van der Waals surface area contributed by atoms with Crippen LogP contribution in [-0.4, -0.2) is 23.0 Å². The molecule has 0 bridgehead atoms. The molecule has 0 aliphatic rings. The van der Waals surface area contributed by atoms with Gasteiger partial charge in [-0.25, -0.2) is 4.79 Å². The number of hydrogen-bond donors (Lipinski definition) is 3. The lowest BCUT2D eigenvalue weighted by molar-refractivity contribution is -0.117. The fourth-order valence-electron chi connectivity index (χ4n) is 1.64. The molecule has 0 aliphatic carbocycles. The van der Waals surface area contributed by atoms with Gasteiger partial charge in [0.15, 0.2) is 0 Å². The van der Waals surface area contributed by atoms with Gasteiger partial charge in [0.25, 0.3) is 0 Å². The number of rotatable bonds is 6. The summed E-state index contributed by atoms with van der Waals surface area (Å²) in [4.78, 5) is 23.1.